The molecule has 0 radical (unpaired) electrons. The predicted molar refractivity (Wildman–Crippen MR) is 53.4 cm³/mol. The Bertz CT molecular complexity index is 615. The molecule has 0 bridgehead atoms. The van der Waals surface area contributed by atoms with Gasteiger partial charge in [-0.2, -0.15) is 0 Å². The molecular weight excluding hydrogens is 264 g/mol. The van der Waals surface area contributed by atoms with Gasteiger partial charge in [-0.3, -0.25) is 0 Å². The van der Waals surface area contributed by atoms with E-state index in [0.717, 1.165) is 6.07 Å². The topological polar surface area (TPSA) is 54.0 Å². The molecule has 0 aliphatic heterocycles. The molecule has 0 aliphatic carbocycles. The van der Waals surface area contributed by atoms with Crippen LogP contribution in [0.3, 0.4) is 0 Å². The molecule has 1 aromatic heterocycles. The predicted octanol–water partition coefficient (Wildman–Crippen LogP) is 0.743. The van der Waals surface area contributed by atoms with Crippen molar-refractivity contribution in [3.63, 3.8) is 0 Å². The summed E-state index contributed by atoms with van der Waals surface area (Å²) >= 11 is -0.582. The first-order valence-electron chi connectivity index (χ1n) is 3.99. The zero-order valence-electron chi connectivity index (χ0n) is 7.36. The molecule has 0 atom stereocenters. The van der Waals surface area contributed by atoms with Crippen LogP contribution in [-0.4, -0.2) is 15.0 Å². The summed E-state index contributed by atoms with van der Waals surface area (Å²) in [6.07, 6.45) is 1.27. The Labute approximate surface area is 90.3 Å². The molecule has 5 heteroatoms. The second-order valence-electron chi connectivity index (χ2n) is 2.76. The number of hydrogen-bond donors (Lipinski definition) is 0. The summed E-state index contributed by atoms with van der Waals surface area (Å²) in [6.45, 7) is 0. The molecule has 74 valence electrons. The number of nitriles is 1. The maximum absolute atomic E-state index is 12.9. The third-order valence-corrected chi connectivity index (χ3v) is 3.10. The number of nitrogens with zero attached hydrogens (tertiary/aromatic N) is 1. The van der Waals surface area contributed by atoms with Gasteiger partial charge in [-0.05, 0) is 0 Å². The van der Waals surface area contributed by atoms with Crippen LogP contribution in [-0.2, 0) is 0 Å². The molecule has 0 aliphatic rings. The molecule has 1 aromatic carbocycles. The quantitative estimate of drug-likeness (QED) is 0.717. The zero-order valence-corrected chi connectivity index (χ0v) is 9.07. The molecule has 2 rings (SSSR count). The Hall–Kier alpha value is -1.63. The standard InChI is InChI=1S/C10H4FNO2Se/c11-6-1-2-8-7(3-6)10(13)9(4-14-8)15-5-12/h1-4H. The number of fused-ring (bicyclic) bond motifs is 1. The van der Waals surface area contributed by atoms with Crippen LogP contribution in [0.5, 0.6) is 0 Å². The van der Waals surface area contributed by atoms with Gasteiger partial charge in [0.15, 0.2) is 0 Å². The second-order valence-corrected chi connectivity index (χ2v) is 4.50. The summed E-state index contributed by atoms with van der Waals surface area (Å²) in [6, 6.07) is 3.74. The number of benzene rings is 1. The fourth-order valence-corrected chi connectivity index (χ4v) is 2.04. The number of rotatable bonds is 1. The van der Waals surface area contributed by atoms with E-state index in [4.69, 9.17) is 9.68 Å². The van der Waals surface area contributed by atoms with E-state index < -0.39 is 20.8 Å². The monoisotopic (exact) mass is 269 g/mol. The van der Waals surface area contributed by atoms with Gasteiger partial charge in [0.1, 0.15) is 0 Å². The van der Waals surface area contributed by atoms with E-state index in [0.29, 0.717) is 10.0 Å². The molecule has 0 fully saturated rings. The summed E-state index contributed by atoms with van der Waals surface area (Å²) < 4.78 is 18.3. The Balaban J connectivity index is 2.78. The summed E-state index contributed by atoms with van der Waals surface area (Å²) in [7, 11) is 0. The van der Waals surface area contributed by atoms with Crippen molar-refractivity contribution in [3.05, 3.63) is 40.5 Å². The van der Waals surface area contributed by atoms with E-state index in [1.807, 2.05) is 4.97 Å². The second kappa shape index (κ2) is 3.85. The van der Waals surface area contributed by atoms with E-state index in [1.54, 1.807) is 0 Å². The molecule has 15 heavy (non-hydrogen) atoms. The van der Waals surface area contributed by atoms with Crippen molar-refractivity contribution in [2.24, 2.45) is 0 Å². The van der Waals surface area contributed by atoms with Crippen LogP contribution < -0.4 is 9.89 Å². The van der Waals surface area contributed by atoms with Crippen LogP contribution in [0.4, 0.5) is 4.39 Å². The van der Waals surface area contributed by atoms with E-state index >= 15 is 0 Å². The molecule has 1 heterocycles. The van der Waals surface area contributed by atoms with Crippen molar-refractivity contribution in [3.8, 4) is 4.97 Å². The first-order chi connectivity index (χ1) is 7.22. The molecule has 2 aromatic rings. The molecule has 0 saturated heterocycles. The molecule has 0 N–H and O–H groups in total. The van der Waals surface area contributed by atoms with E-state index in [1.165, 1.54) is 18.4 Å². The summed E-state index contributed by atoms with van der Waals surface area (Å²) in [5.41, 5.74) is 0.0104. The Morgan fingerprint density at radius 2 is 2.27 bits per heavy atom. The van der Waals surface area contributed by atoms with Gasteiger partial charge in [-0.25, -0.2) is 0 Å². The average Bonchev–Trinajstić information content (AvgIpc) is 2.23. The zero-order chi connectivity index (χ0) is 10.8. The van der Waals surface area contributed by atoms with E-state index in [-0.39, 0.29) is 10.8 Å². The third kappa shape index (κ3) is 1.78. The summed E-state index contributed by atoms with van der Waals surface area (Å²) in [5.74, 6) is -0.489. The van der Waals surface area contributed by atoms with Gasteiger partial charge in [0.25, 0.3) is 0 Å². The summed E-state index contributed by atoms with van der Waals surface area (Å²) in [5, 5.41) is 8.68. The van der Waals surface area contributed by atoms with E-state index in [2.05, 4.69) is 0 Å². The van der Waals surface area contributed by atoms with Crippen LogP contribution in [0.1, 0.15) is 0 Å². The molecule has 0 unspecified atom stereocenters. The van der Waals surface area contributed by atoms with Crippen LogP contribution in [0.15, 0.2) is 33.7 Å². The fraction of sp³-hybridized carbons (Fsp3) is 0. The molecule has 3 nitrogen and oxygen atoms in total. The first kappa shape index (κ1) is 9.91. The van der Waals surface area contributed by atoms with Gasteiger partial charge in [-0.15, -0.1) is 0 Å². The van der Waals surface area contributed by atoms with E-state index in [9.17, 15) is 9.18 Å². The Morgan fingerprint density at radius 3 is 3.00 bits per heavy atom. The molecular formula is C10H4FNO2Se. The SMILES string of the molecule is N#C[Se]c1coc2ccc(F)cc2c1=O. The van der Waals surface area contributed by atoms with Gasteiger partial charge >= 0.3 is 89.9 Å². The van der Waals surface area contributed by atoms with Gasteiger partial charge in [0.05, 0.1) is 0 Å². The molecule has 0 spiro atoms. The van der Waals surface area contributed by atoms with Gasteiger partial charge in [-0.1, -0.05) is 0 Å². The molecule has 0 saturated carbocycles. The third-order valence-electron chi connectivity index (χ3n) is 1.86. The summed E-state index contributed by atoms with van der Waals surface area (Å²) in [4.78, 5) is 13.6. The molecule has 0 amide bonds. The van der Waals surface area contributed by atoms with Crippen molar-refractivity contribution in [1.29, 1.82) is 5.26 Å². The first-order valence-corrected chi connectivity index (χ1v) is 5.70. The number of halogens is 1. The Kier molecular flexibility index (Phi) is 2.55. The van der Waals surface area contributed by atoms with Crippen LogP contribution in [0.2, 0.25) is 0 Å². The van der Waals surface area contributed by atoms with Gasteiger partial charge < -0.3 is 0 Å². The van der Waals surface area contributed by atoms with Crippen molar-refractivity contribution in [2.75, 3.05) is 0 Å². The van der Waals surface area contributed by atoms with Gasteiger partial charge in [0.2, 0.25) is 0 Å². The van der Waals surface area contributed by atoms with Crippen LogP contribution in [0.25, 0.3) is 11.0 Å². The average molecular weight is 268 g/mol. The Morgan fingerprint density at radius 1 is 1.47 bits per heavy atom. The fourth-order valence-electron chi connectivity index (χ4n) is 1.21. The van der Waals surface area contributed by atoms with Crippen molar-refractivity contribution in [1.82, 2.24) is 0 Å². The van der Waals surface area contributed by atoms with Crippen LogP contribution in [0, 0.1) is 16.0 Å². The minimum absolute atomic E-state index is 0.185. The van der Waals surface area contributed by atoms with Crippen molar-refractivity contribution < 1.29 is 8.81 Å². The number of hydrogen-bond acceptors (Lipinski definition) is 3. The van der Waals surface area contributed by atoms with Crippen LogP contribution >= 0.6 is 0 Å². The van der Waals surface area contributed by atoms with Gasteiger partial charge in [0, 0.05) is 0 Å². The maximum atomic E-state index is 12.9. The van der Waals surface area contributed by atoms with Crippen molar-refractivity contribution >= 4 is 30.4 Å². The van der Waals surface area contributed by atoms with Crippen molar-refractivity contribution in [2.45, 2.75) is 0 Å². The minimum atomic E-state index is -0.582. The normalized spacial score (nSPS) is 10.1.